The lowest BCUT2D eigenvalue weighted by atomic mass is 10.1. The molecule has 4 nitrogen and oxygen atoms in total. The van der Waals surface area contributed by atoms with Crippen LogP contribution < -0.4 is 5.73 Å². The fourth-order valence-electron chi connectivity index (χ4n) is 1.76. The van der Waals surface area contributed by atoms with Crippen LogP contribution in [-0.4, -0.2) is 9.97 Å². The molecular weight excluding hydrogens is 214 g/mol. The van der Waals surface area contributed by atoms with Crippen LogP contribution in [0.4, 0.5) is 5.69 Å². The average molecular weight is 225 g/mol. The molecule has 0 aliphatic rings. The van der Waals surface area contributed by atoms with Gasteiger partial charge in [-0.2, -0.15) is 4.98 Å². The molecule has 2 aromatic heterocycles. The van der Waals surface area contributed by atoms with E-state index in [4.69, 9.17) is 10.2 Å². The Morgan fingerprint density at radius 1 is 1.24 bits per heavy atom. The molecule has 0 fully saturated rings. The van der Waals surface area contributed by atoms with E-state index < -0.39 is 0 Å². The minimum absolute atomic E-state index is 0.574. The lowest BCUT2D eigenvalue weighted by molar-refractivity contribution is 0.619. The molecule has 0 saturated carbocycles. The van der Waals surface area contributed by atoms with Crippen molar-refractivity contribution in [2.45, 2.75) is 6.92 Å². The van der Waals surface area contributed by atoms with Gasteiger partial charge in [0, 0.05) is 11.6 Å². The first kappa shape index (κ1) is 9.84. The Bertz CT molecular complexity index is 688. The number of nitrogens with zero attached hydrogens (tertiary/aromatic N) is 2. The number of anilines is 1. The number of nitrogens with two attached hydrogens (primary N) is 1. The van der Waals surface area contributed by atoms with Crippen LogP contribution in [0.5, 0.6) is 0 Å². The van der Waals surface area contributed by atoms with Crippen molar-refractivity contribution >= 4 is 16.9 Å². The maximum Gasteiger partial charge on any atom is 0.229 e. The SMILES string of the molecule is Cc1ccccc1-c1nc2ncc(N)cc2o1. The largest absolute Gasteiger partial charge is 0.434 e. The average Bonchev–Trinajstić information content (AvgIpc) is 2.72. The highest BCUT2D eigenvalue weighted by atomic mass is 16.3. The molecule has 3 rings (SSSR count). The van der Waals surface area contributed by atoms with Crippen LogP contribution in [0.15, 0.2) is 40.9 Å². The molecule has 1 aromatic carbocycles. The molecule has 0 radical (unpaired) electrons. The zero-order valence-corrected chi connectivity index (χ0v) is 9.34. The van der Waals surface area contributed by atoms with E-state index in [1.807, 2.05) is 31.2 Å². The third-order valence-corrected chi connectivity index (χ3v) is 2.64. The van der Waals surface area contributed by atoms with Gasteiger partial charge in [0.25, 0.3) is 0 Å². The molecule has 84 valence electrons. The summed E-state index contributed by atoms with van der Waals surface area (Å²) in [5, 5.41) is 0. The summed E-state index contributed by atoms with van der Waals surface area (Å²) in [5.41, 5.74) is 9.51. The smallest absolute Gasteiger partial charge is 0.229 e. The Morgan fingerprint density at radius 2 is 2.06 bits per heavy atom. The summed E-state index contributed by atoms with van der Waals surface area (Å²) in [6.45, 7) is 2.02. The van der Waals surface area contributed by atoms with Gasteiger partial charge in [-0.15, -0.1) is 0 Å². The number of oxazole rings is 1. The molecule has 0 aliphatic heterocycles. The second-order valence-electron chi connectivity index (χ2n) is 3.92. The van der Waals surface area contributed by atoms with Crippen LogP contribution in [0.25, 0.3) is 22.7 Å². The summed E-state index contributed by atoms with van der Waals surface area (Å²) in [6, 6.07) is 9.67. The molecule has 0 aliphatic carbocycles. The number of hydrogen-bond donors (Lipinski definition) is 1. The molecule has 0 spiro atoms. The second kappa shape index (κ2) is 3.59. The van der Waals surface area contributed by atoms with Crippen molar-refractivity contribution in [3.63, 3.8) is 0 Å². The standard InChI is InChI=1S/C13H11N3O/c1-8-4-2-3-5-10(8)13-16-12-11(17-13)6-9(14)7-15-12/h2-7H,14H2,1H3. The maximum atomic E-state index is 5.66. The van der Waals surface area contributed by atoms with Gasteiger partial charge in [0.05, 0.1) is 11.9 Å². The topological polar surface area (TPSA) is 64.9 Å². The molecule has 17 heavy (non-hydrogen) atoms. The molecular formula is C13H11N3O. The van der Waals surface area contributed by atoms with E-state index in [0.717, 1.165) is 11.1 Å². The Morgan fingerprint density at radius 3 is 2.88 bits per heavy atom. The van der Waals surface area contributed by atoms with E-state index >= 15 is 0 Å². The fourth-order valence-corrected chi connectivity index (χ4v) is 1.76. The minimum Gasteiger partial charge on any atom is -0.434 e. The van der Waals surface area contributed by atoms with Gasteiger partial charge in [-0.1, -0.05) is 18.2 Å². The predicted molar refractivity (Wildman–Crippen MR) is 66.4 cm³/mol. The number of fused-ring (bicyclic) bond motifs is 1. The van der Waals surface area contributed by atoms with Crippen LogP contribution in [0.2, 0.25) is 0 Å². The van der Waals surface area contributed by atoms with Crippen molar-refractivity contribution in [3.05, 3.63) is 42.1 Å². The molecule has 0 amide bonds. The van der Waals surface area contributed by atoms with Crippen LogP contribution in [0, 0.1) is 6.92 Å². The van der Waals surface area contributed by atoms with Gasteiger partial charge < -0.3 is 10.2 Å². The van der Waals surface area contributed by atoms with Crippen molar-refractivity contribution in [2.75, 3.05) is 5.73 Å². The predicted octanol–water partition coefficient (Wildman–Crippen LogP) is 2.78. The third-order valence-electron chi connectivity index (χ3n) is 2.64. The summed E-state index contributed by atoms with van der Waals surface area (Å²) in [5.74, 6) is 0.580. The van der Waals surface area contributed by atoms with Crippen molar-refractivity contribution in [1.29, 1.82) is 0 Å². The summed E-state index contributed by atoms with van der Waals surface area (Å²) >= 11 is 0. The highest BCUT2D eigenvalue weighted by Crippen LogP contribution is 2.26. The van der Waals surface area contributed by atoms with Crippen molar-refractivity contribution in [1.82, 2.24) is 9.97 Å². The van der Waals surface area contributed by atoms with Crippen LogP contribution in [-0.2, 0) is 0 Å². The van der Waals surface area contributed by atoms with Gasteiger partial charge in [-0.05, 0) is 18.6 Å². The van der Waals surface area contributed by atoms with Gasteiger partial charge in [-0.3, -0.25) is 0 Å². The Kier molecular flexibility index (Phi) is 2.08. The summed E-state index contributed by atoms with van der Waals surface area (Å²) < 4.78 is 5.66. The molecule has 2 heterocycles. The number of hydrogen-bond acceptors (Lipinski definition) is 4. The molecule has 0 saturated heterocycles. The zero-order valence-electron chi connectivity index (χ0n) is 9.34. The first-order valence-electron chi connectivity index (χ1n) is 5.32. The minimum atomic E-state index is 0.574. The number of rotatable bonds is 1. The first-order valence-corrected chi connectivity index (χ1v) is 5.32. The molecule has 2 N–H and O–H groups in total. The van der Waals surface area contributed by atoms with Crippen LogP contribution in [0.1, 0.15) is 5.56 Å². The van der Waals surface area contributed by atoms with Crippen LogP contribution >= 0.6 is 0 Å². The summed E-state index contributed by atoms with van der Waals surface area (Å²) in [6.07, 6.45) is 1.58. The van der Waals surface area contributed by atoms with E-state index in [0.29, 0.717) is 22.8 Å². The van der Waals surface area contributed by atoms with E-state index in [1.165, 1.54) is 0 Å². The second-order valence-corrected chi connectivity index (χ2v) is 3.92. The summed E-state index contributed by atoms with van der Waals surface area (Å²) in [4.78, 5) is 8.48. The van der Waals surface area contributed by atoms with E-state index in [9.17, 15) is 0 Å². The van der Waals surface area contributed by atoms with Gasteiger partial charge in [0.2, 0.25) is 5.89 Å². The van der Waals surface area contributed by atoms with E-state index in [2.05, 4.69) is 9.97 Å². The molecule has 4 heteroatoms. The quantitative estimate of drug-likeness (QED) is 0.691. The lowest BCUT2D eigenvalue weighted by Gasteiger charge is -1.98. The van der Waals surface area contributed by atoms with E-state index in [1.54, 1.807) is 12.3 Å². The number of aryl methyl sites for hydroxylation is 1. The lowest BCUT2D eigenvalue weighted by Crippen LogP contribution is -1.85. The van der Waals surface area contributed by atoms with Gasteiger partial charge >= 0.3 is 0 Å². The highest BCUT2D eigenvalue weighted by Gasteiger charge is 2.10. The molecule has 0 atom stereocenters. The number of nitrogen functional groups attached to an aromatic ring is 1. The molecule has 3 aromatic rings. The number of pyridine rings is 1. The van der Waals surface area contributed by atoms with Crippen molar-refractivity contribution < 1.29 is 4.42 Å². The molecule has 0 unspecified atom stereocenters. The van der Waals surface area contributed by atoms with Gasteiger partial charge in [0.15, 0.2) is 11.2 Å². The number of benzene rings is 1. The first-order chi connectivity index (χ1) is 8.24. The normalized spacial score (nSPS) is 10.9. The highest BCUT2D eigenvalue weighted by molar-refractivity contribution is 5.75. The zero-order chi connectivity index (χ0) is 11.8. The number of aromatic nitrogens is 2. The third kappa shape index (κ3) is 1.63. The van der Waals surface area contributed by atoms with Crippen LogP contribution in [0.3, 0.4) is 0 Å². The maximum absolute atomic E-state index is 5.66. The van der Waals surface area contributed by atoms with Crippen molar-refractivity contribution in [2.24, 2.45) is 0 Å². The van der Waals surface area contributed by atoms with Gasteiger partial charge in [0.1, 0.15) is 0 Å². The Balaban J connectivity index is 2.22. The Hall–Kier alpha value is -2.36. The Labute approximate surface area is 98.1 Å². The van der Waals surface area contributed by atoms with Crippen molar-refractivity contribution in [3.8, 4) is 11.5 Å². The van der Waals surface area contributed by atoms with E-state index in [-0.39, 0.29) is 0 Å². The molecule has 0 bridgehead atoms. The van der Waals surface area contributed by atoms with Gasteiger partial charge in [-0.25, -0.2) is 4.98 Å². The fraction of sp³-hybridized carbons (Fsp3) is 0.0769. The monoisotopic (exact) mass is 225 g/mol. The summed E-state index contributed by atoms with van der Waals surface area (Å²) in [7, 11) is 0.